The Morgan fingerprint density at radius 2 is 1.71 bits per heavy atom. The molecule has 0 atom stereocenters. The average Bonchev–Trinajstić information content (AvgIpc) is 2.82. The molecule has 0 spiro atoms. The normalized spacial score (nSPS) is 12.1. The first-order valence-corrected chi connectivity index (χ1v) is 12.0. The summed E-state index contributed by atoms with van der Waals surface area (Å²) in [7, 11) is -2.15. The Kier molecular flexibility index (Phi) is 7.80. The first-order valence-electron chi connectivity index (χ1n) is 10.6. The lowest BCUT2D eigenvalue weighted by Gasteiger charge is -2.17. The third-order valence-electron chi connectivity index (χ3n) is 5.25. The maximum absolute atomic E-state index is 13.5. The summed E-state index contributed by atoms with van der Waals surface area (Å²) < 4.78 is 40.3. The Bertz CT molecular complexity index is 1300. The van der Waals surface area contributed by atoms with Crippen molar-refractivity contribution in [1.29, 1.82) is 0 Å². The number of hydrogen-bond donors (Lipinski definition) is 2. The predicted octanol–water partition coefficient (Wildman–Crippen LogP) is 4.20. The number of nitrogens with one attached hydrogen (secondary N) is 1. The maximum Gasteiger partial charge on any atom is 0.271 e. The maximum atomic E-state index is 13.5. The number of hydrogen-bond acceptors (Lipinski definition) is 5. The molecule has 0 radical (unpaired) electrons. The predicted molar refractivity (Wildman–Crippen MR) is 129 cm³/mol. The molecule has 7 nitrogen and oxygen atoms in total. The topological polar surface area (TPSA) is 99.1 Å². The van der Waals surface area contributed by atoms with Gasteiger partial charge in [-0.1, -0.05) is 36.8 Å². The number of amides is 1. The van der Waals surface area contributed by atoms with E-state index in [0.717, 1.165) is 17.7 Å². The van der Waals surface area contributed by atoms with Crippen LogP contribution in [0.2, 0.25) is 0 Å². The molecule has 9 heteroatoms. The lowest BCUT2D eigenvalue weighted by molar-refractivity contribution is 0.0954. The number of carbonyl (C=O) groups is 1. The zero-order chi connectivity index (χ0) is 24.9. The summed E-state index contributed by atoms with van der Waals surface area (Å²) in [6.07, 6.45) is 0.359. The van der Waals surface area contributed by atoms with Gasteiger partial charge < -0.3 is 5.11 Å². The molecule has 0 unspecified atom stereocenters. The number of aromatic hydroxyl groups is 1. The number of benzene rings is 3. The van der Waals surface area contributed by atoms with Crippen molar-refractivity contribution in [3.05, 3.63) is 94.8 Å². The molecular weight excluding hydrogens is 457 g/mol. The van der Waals surface area contributed by atoms with Gasteiger partial charge in [-0.2, -0.15) is 9.41 Å². The lowest BCUT2D eigenvalue weighted by Crippen LogP contribution is -2.26. The van der Waals surface area contributed by atoms with Crippen LogP contribution in [0.3, 0.4) is 0 Å². The summed E-state index contributed by atoms with van der Waals surface area (Å²) in [5.41, 5.74) is 4.94. The molecule has 178 valence electrons. The van der Waals surface area contributed by atoms with Crippen molar-refractivity contribution >= 4 is 21.6 Å². The van der Waals surface area contributed by atoms with Gasteiger partial charge in [0.15, 0.2) is 0 Å². The molecule has 0 saturated heterocycles. The number of phenolic OH excluding ortho intramolecular Hbond substituents is 1. The fourth-order valence-corrected chi connectivity index (χ4v) is 4.40. The number of aryl methyl sites for hydroxylation is 1. The van der Waals surface area contributed by atoms with Crippen molar-refractivity contribution in [2.75, 3.05) is 7.05 Å². The van der Waals surface area contributed by atoms with Gasteiger partial charge in [-0.25, -0.2) is 18.2 Å². The molecule has 1 amide bonds. The fraction of sp³-hybridized carbons (Fsp3) is 0.200. The van der Waals surface area contributed by atoms with Crippen molar-refractivity contribution in [1.82, 2.24) is 9.73 Å². The molecule has 0 bridgehead atoms. The summed E-state index contributed by atoms with van der Waals surface area (Å²) in [6, 6.07) is 16.6. The second-order valence-corrected chi connectivity index (χ2v) is 9.83. The number of phenols is 1. The highest BCUT2D eigenvalue weighted by Crippen LogP contribution is 2.20. The van der Waals surface area contributed by atoms with Crippen LogP contribution in [0.5, 0.6) is 5.75 Å². The molecule has 0 heterocycles. The fourth-order valence-electron chi connectivity index (χ4n) is 3.25. The number of sulfonamides is 1. The van der Waals surface area contributed by atoms with Crippen LogP contribution < -0.4 is 5.43 Å². The Labute approximate surface area is 198 Å². The van der Waals surface area contributed by atoms with E-state index in [1.165, 1.54) is 17.4 Å². The van der Waals surface area contributed by atoms with E-state index in [0.29, 0.717) is 23.3 Å². The van der Waals surface area contributed by atoms with E-state index in [1.54, 1.807) is 55.5 Å². The monoisotopic (exact) mass is 483 g/mol. The minimum absolute atomic E-state index is 0.134. The van der Waals surface area contributed by atoms with Crippen LogP contribution in [0.25, 0.3) is 0 Å². The molecule has 0 aliphatic rings. The molecule has 2 N–H and O–H groups in total. The molecule has 3 aromatic carbocycles. The Balaban J connectivity index is 1.68. The zero-order valence-corrected chi connectivity index (χ0v) is 19.9. The van der Waals surface area contributed by atoms with Crippen LogP contribution in [0.15, 0.2) is 76.7 Å². The standard InChI is InChI=1S/C25H26FN3O4S/c1-4-23(22-15-20(26)11-14-24(22)30)27-28-25(31)19-9-7-18(8-10-19)16-29(3)34(32,33)21-12-5-17(2)6-13-21/h5-15,30H,4,16H2,1-3H3,(H,28,31)/b27-23+. The quantitative estimate of drug-likeness (QED) is 0.370. The number of nitrogens with zero attached hydrogens (tertiary/aromatic N) is 2. The number of halogens is 1. The number of hydrazone groups is 1. The summed E-state index contributed by atoms with van der Waals surface area (Å²) in [4.78, 5) is 12.7. The Hall–Kier alpha value is -3.56. The number of rotatable bonds is 8. The summed E-state index contributed by atoms with van der Waals surface area (Å²) in [6.45, 7) is 3.79. The van der Waals surface area contributed by atoms with E-state index >= 15 is 0 Å². The van der Waals surface area contributed by atoms with Gasteiger partial charge >= 0.3 is 0 Å². The molecule has 3 rings (SSSR count). The molecular formula is C25H26FN3O4S. The minimum Gasteiger partial charge on any atom is -0.507 e. The van der Waals surface area contributed by atoms with E-state index in [1.807, 2.05) is 6.92 Å². The van der Waals surface area contributed by atoms with E-state index in [9.17, 15) is 22.7 Å². The first kappa shape index (κ1) is 25.1. The SMILES string of the molecule is CC/C(=N\NC(=O)c1ccc(CN(C)S(=O)(=O)c2ccc(C)cc2)cc1)c1cc(F)ccc1O. The van der Waals surface area contributed by atoms with E-state index in [2.05, 4.69) is 10.5 Å². The molecule has 0 aliphatic carbocycles. The first-order chi connectivity index (χ1) is 16.1. The molecule has 3 aromatic rings. The van der Waals surface area contributed by atoms with Gasteiger partial charge in [0.1, 0.15) is 11.6 Å². The van der Waals surface area contributed by atoms with E-state index < -0.39 is 21.7 Å². The summed E-state index contributed by atoms with van der Waals surface area (Å²) in [5, 5.41) is 14.0. The van der Waals surface area contributed by atoms with Crippen molar-refractivity contribution in [2.45, 2.75) is 31.7 Å². The minimum atomic E-state index is -3.65. The molecule has 0 saturated carbocycles. The van der Waals surface area contributed by atoms with Gasteiger partial charge in [0.05, 0.1) is 10.6 Å². The van der Waals surface area contributed by atoms with Crippen LogP contribution in [-0.4, -0.2) is 36.5 Å². The molecule has 34 heavy (non-hydrogen) atoms. The third-order valence-corrected chi connectivity index (χ3v) is 7.06. The Morgan fingerprint density at radius 3 is 2.32 bits per heavy atom. The van der Waals surface area contributed by atoms with Gasteiger partial charge in [0, 0.05) is 24.7 Å². The van der Waals surface area contributed by atoms with Crippen LogP contribution in [0.1, 0.15) is 40.4 Å². The van der Waals surface area contributed by atoms with Crippen LogP contribution in [-0.2, 0) is 16.6 Å². The summed E-state index contributed by atoms with van der Waals surface area (Å²) >= 11 is 0. The van der Waals surface area contributed by atoms with Crippen molar-refractivity contribution in [2.24, 2.45) is 5.10 Å². The highest BCUT2D eigenvalue weighted by Gasteiger charge is 2.21. The molecule has 0 aliphatic heterocycles. The van der Waals surface area contributed by atoms with E-state index in [-0.39, 0.29) is 22.8 Å². The number of carbonyl (C=O) groups excluding carboxylic acids is 1. The molecule has 0 aromatic heterocycles. The smallest absolute Gasteiger partial charge is 0.271 e. The Morgan fingerprint density at radius 1 is 1.06 bits per heavy atom. The summed E-state index contributed by atoms with van der Waals surface area (Å²) in [5.74, 6) is -1.15. The second-order valence-electron chi connectivity index (χ2n) is 7.79. The van der Waals surface area contributed by atoms with Crippen LogP contribution >= 0.6 is 0 Å². The van der Waals surface area contributed by atoms with Gasteiger partial charge in [-0.15, -0.1) is 0 Å². The van der Waals surface area contributed by atoms with Gasteiger partial charge in [0.25, 0.3) is 5.91 Å². The van der Waals surface area contributed by atoms with Gasteiger partial charge in [-0.3, -0.25) is 4.79 Å². The van der Waals surface area contributed by atoms with Crippen molar-refractivity contribution < 1.29 is 22.7 Å². The van der Waals surface area contributed by atoms with Crippen molar-refractivity contribution in [3.63, 3.8) is 0 Å². The van der Waals surface area contributed by atoms with Crippen LogP contribution in [0.4, 0.5) is 4.39 Å². The van der Waals surface area contributed by atoms with Crippen molar-refractivity contribution in [3.8, 4) is 5.75 Å². The zero-order valence-electron chi connectivity index (χ0n) is 19.1. The average molecular weight is 484 g/mol. The largest absolute Gasteiger partial charge is 0.507 e. The van der Waals surface area contributed by atoms with Gasteiger partial charge in [-0.05, 0) is 61.4 Å². The highest BCUT2D eigenvalue weighted by molar-refractivity contribution is 7.89. The second kappa shape index (κ2) is 10.6. The third kappa shape index (κ3) is 5.86. The van der Waals surface area contributed by atoms with Gasteiger partial charge in [0.2, 0.25) is 10.0 Å². The van der Waals surface area contributed by atoms with E-state index in [4.69, 9.17) is 0 Å². The van der Waals surface area contributed by atoms with Crippen LogP contribution in [0, 0.1) is 12.7 Å². The lowest BCUT2D eigenvalue weighted by atomic mass is 10.1. The highest BCUT2D eigenvalue weighted by atomic mass is 32.2. The molecule has 0 fully saturated rings.